The van der Waals surface area contributed by atoms with Crippen LogP contribution >= 0.6 is 0 Å². The quantitative estimate of drug-likeness (QED) is 0.737. The number of hydrogen-bond acceptors (Lipinski definition) is 2. The van der Waals surface area contributed by atoms with Crippen LogP contribution in [0.25, 0.3) is 10.9 Å². The van der Waals surface area contributed by atoms with Crippen molar-refractivity contribution in [2.24, 2.45) is 0 Å². The Hall–Kier alpha value is -2.13. The number of benzene rings is 1. The maximum atomic E-state index is 4.28. The van der Waals surface area contributed by atoms with E-state index in [1.807, 2.05) is 18.5 Å². The van der Waals surface area contributed by atoms with Crippen LogP contribution in [0.15, 0.2) is 42.7 Å². The predicted octanol–water partition coefficient (Wildman–Crippen LogP) is 3.63. The van der Waals surface area contributed by atoms with Crippen molar-refractivity contribution < 1.29 is 0 Å². The van der Waals surface area contributed by atoms with E-state index in [1.165, 1.54) is 33.3 Å². The Labute approximate surface area is 137 Å². The van der Waals surface area contributed by atoms with Crippen LogP contribution in [0.5, 0.6) is 0 Å². The number of rotatable bonds is 3. The van der Waals surface area contributed by atoms with Crippen LogP contribution in [0.3, 0.4) is 0 Å². The molecule has 0 spiro atoms. The summed E-state index contributed by atoms with van der Waals surface area (Å²) < 4.78 is 2.52. The second kappa shape index (κ2) is 5.82. The van der Waals surface area contributed by atoms with E-state index >= 15 is 0 Å². The fourth-order valence-electron chi connectivity index (χ4n) is 3.86. The van der Waals surface area contributed by atoms with Crippen LogP contribution in [0, 0.1) is 0 Å². The van der Waals surface area contributed by atoms with Gasteiger partial charge in [-0.25, -0.2) is 0 Å². The molecule has 0 amide bonds. The van der Waals surface area contributed by atoms with Crippen molar-refractivity contribution in [3.8, 4) is 0 Å². The number of likely N-dealkylation sites (N-methyl/N-ethyl adjacent to an activating group) is 1. The molecule has 3 aromatic rings. The monoisotopic (exact) mass is 305 g/mol. The molecule has 0 bridgehead atoms. The van der Waals surface area contributed by atoms with Gasteiger partial charge in [-0.3, -0.25) is 4.98 Å². The minimum Gasteiger partial charge on any atom is -0.340 e. The van der Waals surface area contributed by atoms with Crippen molar-refractivity contribution in [3.05, 3.63) is 65.1 Å². The van der Waals surface area contributed by atoms with E-state index in [1.54, 1.807) is 0 Å². The minimum atomic E-state index is 0.913. The molecule has 3 nitrogen and oxygen atoms in total. The van der Waals surface area contributed by atoms with Crippen molar-refractivity contribution in [1.82, 2.24) is 14.5 Å². The van der Waals surface area contributed by atoms with Crippen molar-refractivity contribution in [2.45, 2.75) is 32.9 Å². The highest BCUT2D eigenvalue weighted by atomic mass is 15.1. The molecule has 1 aliphatic rings. The average Bonchev–Trinajstić information content (AvgIpc) is 2.89. The van der Waals surface area contributed by atoms with E-state index in [0.717, 1.165) is 32.5 Å². The van der Waals surface area contributed by atoms with Gasteiger partial charge in [-0.05, 0) is 42.3 Å². The van der Waals surface area contributed by atoms with Crippen LogP contribution in [0.4, 0.5) is 0 Å². The van der Waals surface area contributed by atoms with E-state index in [2.05, 4.69) is 52.7 Å². The smallest absolute Gasteiger partial charge is 0.0494 e. The normalized spacial score (nSPS) is 15.0. The summed E-state index contributed by atoms with van der Waals surface area (Å²) in [5, 5.41) is 1.49. The Bertz CT molecular complexity index is 833. The summed E-state index contributed by atoms with van der Waals surface area (Å²) in [6.07, 6.45) is 6.04. The summed E-state index contributed by atoms with van der Waals surface area (Å²) in [4.78, 5) is 6.71. The second-order valence-corrected chi connectivity index (χ2v) is 6.53. The summed E-state index contributed by atoms with van der Waals surface area (Å²) in [6.45, 7) is 5.36. The van der Waals surface area contributed by atoms with E-state index < -0.39 is 0 Å². The summed E-state index contributed by atoms with van der Waals surface area (Å²) in [7, 11) is 2.22. The first-order valence-electron chi connectivity index (χ1n) is 8.47. The van der Waals surface area contributed by atoms with E-state index in [4.69, 9.17) is 0 Å². The highest BCUT2D eigenvalue weighted by molar-refractivity contribution is 5.89. The summed E-state index contributed by atoms with van der Waals surface area (Å²) >= 11 is 0. The van der Waals surface area contributed by atoms with E-state index in [0.29, 0.717) is 0 Å². The molecule has 0 saturated heterocycles. The van der Waals surface area contributed by atoms with Crippen LogP contribution in [-0.4, -0.2) is 28.0 Å². The zero-order chi connectivity index (χ0) is 15.8. The Morgan fingerprint density at radius 1 is 1.17 bits per heavy atom. The first-order chi connectivity index (χ1) is 11.3. The third-order valence-corrected chi connectivity index (χ3v) is 5.00. The molecule has 0 saturated carbocycles. The van der Waals surface area contributed by atoms with E-state index in [-0.39, 0.29) is 0 Å². The molecule has 0 aliphatic carbocycles. The topological polar surface area (TPSA) is 21.1 Å². The molecule has 118 valence electrons. The van der Waals surface area contributed by atoms with Gasteiger partial charge in [0.2, 0.25) is 0 Å². The SMILES string of the molecule is CCc1cccc2c1c1c(n2Cc2cccnc2)CCN(C)C1. The molecule has 0 atom stereocenters. The highest BCUT2D eigenvalue weighted by Gasteiger charge is 2.23. The molecule has 3 heteroatoms. The van der Waals surface area contributed by atoms with Gasteiger partial charge in [0.15, 0.2) is 0 Å². The Kier molecular flexibility index (Phi) is 3.66. The molecule has 0 N–H and O–H groups in total. The molecule has 1 aliphatic heterocycles. The molecule has 0 radical (unpaired) electrons. The molecule has 0 unspecified atom stereocenters. The third-order valence-electron chi connectivity index (χ3n) is 5.00. The van der Waals surface area contributed by atoms with E-state index in [9.17, 15) is 0 Å². The second-order valence-electron chi connectivity index (χ2n) is 6.53. The zero-order valence-corrected chi connectivity index (χ0v) is 13.9. The number of nitrogens with zero attached hydrogens (tertiary/aromatic N) is 3. The van der Waals surface area contributed by atoms with Crippen molar-refractivity contribution in [3.63, 3.8) is 0 Å². The van der Waals surface area contributed by atoms with Gasteiger partial charge in [-0.2, -0.15) is 0 Å². The van der Waals surface area contributed by atoms with Crippen LogP contribution < -0.4 is 0 Å². The van der Waals surface area contributed by atoms with Gasteiger partial charge in [0, 0.05) is 55.0 Å². The zero-order valence-electron chi connectivity index (χ0n) is 13.9. The molecule has 4 rings (SSSR count). The average molecular weight is 305 g/mol. The minimum absolute atomic E-state index is 0.913. The maximum Gasteiger partial charge on any atom is 0.0494 e. The summed E-state index contributed by atoms with van der Waals surface area (Å²) in [5.41, 5.74) is 7.18. The largest absolute Gasteiger partial charge is 0.340 e. The lowest BCUT2D eigenvalue weighted by Gasteiger charge is -2.24. The van der Waals surface area contributed by atoms with Gasteiger partial charge in [0.05, 0.1) is 0 Å². The van der Waals surface area contributed by atoms with Gasteiger partial charge in [0.1, 0.15) is 0 Å². The number of aromatic nitrogens is 2. The van der Waals surface area contributed by atoms with Crippen molar-refractivity contribution in [2.75, 3.05) is 13.6 Å². The maximum absolute atomic E-state index is 4.28. The number of fused-ring (bicyclic) bond motifs is 3. The standard InChI is InChI=1S/C20H23N3/c1-3-16-7-4-8-19-20(16)17-14-22(2)11-9-18(17)23(19)13-15-6-5-10-21-12-15/h4-8,10,12H,3,9,11,13-14H2,1-2H3. The van der Waals surface area contributed by atoms with Gasteiger partial charge < -0.3 is 9.47 Å². The fourth-order valence-corrected chi connectivity index (χ4v) is 3.86. The van der Waals surface area contributed by atoms with Gasteiger partial charge in [-0.1, -0.05) is 25.1 Å². The van der Waals surface area contributed by atoms with Crippen LogP contribution in [-0.2, 0) is 25.9 Å². The van der Waals surface area contributed by atoms with Crippen molar-refractivity contribution >= 4 is 10.9 Å². The molecule has 23 heavy (non-hydrogen) atoms. The fraction of sp³-hybridized carbons (Fsp3) is 0.350. The van der Waals surface area contributed by atoms with Gasteiger partial charge >= 0.3 is 0 Å². The lowest BCUT2D eigenvalue weighted by Crippen LogP contribution is -2.27. The lowest BCUT2D eigenvalue weighted by atomic mass is 10.00. The highest BCUT2D eigenvalue weighted by Crippen LogP contribution is 2.33. The van der Waals surface area contributed by atoms with Crippen LogP contribution in [0.2, 0.25) is 0 Å². The number of hydrogen-bond donors (Lipinski definition) is 0. The lowest BCUT2D eigenvalue weighted by molar-refractivity contribution is 0.310. The Morgan fingerprint density at radius 2 is 2.09 bits per heavy atom. The Balaban J connectivity index is 1.93. The molecule has 2 aromatic heterocycles. The van der Waals surface area contributed by atoms with Gasteiger partial charge in [0.25, 0.3) is 0 Å². The Morgan fingerprint density at radius 3 is 2.87 bits per heavy atom. The molecular weight excluding hydrogens is 282 g/mol. The van der Waals surface area contributed by atoms with Crippen LogP contribution in [0.1, 0.15) is 29.3 Å². The number of aryl methyl sites for hydroxylation is 1. The molecule has 0 fully saturated rings. The first kappa shape index (κ1) is 14.5. The van der Waals surface area contributed by atoms with Gasteiger partial charge in [-0.15, -0.1) is 0 Å². The van der Waals surface area contributed by atoms with Crippen molar-refractivity contribution in [1.29, 1.82) is 0 Å². The predicted molar refractivity (Wildman–Crippen MR) is 94.7 cm³/mol. The molecule has 1 aromatic carbocycles. The molecule has 3 heterocycles. The first-order valence-corrected chi connectivity index (χ1v) is 8.47. The summed E-state index contributed by atoms with van der Waals surface area (Å²) in [6, 6.07) is 11.0. The number of pyridine rings is 1. The third kappa shape index (κ3) is 2.45. The summed E-state index contributed by atoms with van der Waals surface area (Å²) in [5.74, 6) is 0. The molecular formula is C20H23N3.